The molecule has 1 N–H and O–H groups in total. The van der Waals surface area contributed by atoms with Crippen LogP contribution in [0.25, 0.3) is 0 Å². The summed E-state index contributed by atoms with van der Waals surface area (Å²) < 4.78 is 24.7. The van der Waals surface area contributed by atoms with Crippen LogP contribution in [-0.4, -0.2) is 55.5 Å². The SMILES string of the molecule is Cc1ccc(C(CNC(=O)C2CC(c3cccc(F)c3)=NO2)N2CCOCC2)o1. The number of halogens is 1. The van der Waals surface area contributed by atoms with E-state index in [4.69, 9.17) is 14.0 Å². The number of benzene rings is 1. The van der Waals surface area contributed by atoms with Crippen LogP contribution in [-0.2, 0) is 14.4 Å². The summed E-state index contributed by atoms with van der Waals surface area (Å²) in [5.41, 5.74) is 1.19. The topological polar surface area (TPSA) is 76.3 Å². The molecular formula is C21H24FN3O4. The van der Waals surface area contributed by atoms with E-state index in [-0.39, 0.29) is 17.8 Å². The number of oxime groups is 1. The van der Waals surface area contributed by atoms with Crippen LogP contribution in [0.4, 0.5) is 4.39 Å². The first-order chi connectivity index (χ1) is 14.1. The molecule has 2 unspecified atom stereocenters. The summed E-state index contributed by atoms with van der Waals surface area (Å²) in [7, 11) is 0. The van der Waals surface area contributed by atoms with Gasteiger partial charge in [-0.05, 0) is 31.2 Å². The lowest BCUT2D eigenvalue weighted by molar-refractivity contribution is -0.131. The molecule has 7 nitrogen and oxygen atoms in total. The molecule has 0 saturated carbocycles. The number of hydrogen-bond donors (Lipinski definition) is 1. The first-order valence-electron chi connectivity index (χ1n) is 9.74. The molecule has 1 aromatic carbocycles. The van der Waals surface area contributed by atoms with E-state index in [2.05, 4.69) is 15.4 Å². The number of aryl methyl sites for hydroxylation is 1. The lowest BCUT2D eigenvalue weighted by atomic mass is 10.0. The normalized spacial score (nSPS) is 20.8. The highest BCUT2D eigenvalue weighted by Crippen LogP contribution is 2.24. The Balaban J connectivity index is 1.37. The second-order valence-electron chi connectivity index (χ2n) is 7.20. The van der Waals surface area contributed by atoms with Gasteiger partial charge in [0.15, 0.2) is 0 Å². The Morgan fingerprint density at radius 1 is 1.31 bits per heavy atom. The molecule has 1 fully saturated rings. The Kier molecular flexibility index (Phi) is 5.92. The number of morpholine rings is 1. The summed E-state index contributed by atoms with van der Waals surface area (Å²) in [5, 5.41) is 6.93. The minimum absolute atomic E-state index is 0.0819. The Hall–Kier alpha value is -2.71. The average molecular weight is 401 g/mol. The Labute approximate surface area is 168 Å². The summed E-state index contributed by atoms with van der Waals surface area (Å²) in [5.74, 6) is 1.05. The van der Waals surface area contributed by atoms with Crippen LogP contribution in [0.15, 0.2) is 46.0 Å². The maximum Gasteiger partial charge on any atom is 0.264 e. The summed E-state index contributed by atoms with van der Waals surface area (Å²) in [6, 6.07) is 9.89. The van der Waals surface area contributed by atoms with Crippen molar-refractivity contribution in [1.82, 2.24) is 10.2 Å². The van der Waals surface area contributed by atoms with Crippen LogP contribution >= 0.6 is 0 Å². The average Bonchev–Trinajstić information content (AvgIpc) is 3.39. The molecule has 0 spiro atoms. The standard InChI is InChI=1S/C21H24FN3O4/c1-14-5-6-19(28-14)18(25-7-9-27-10-8-25)13-23-21(26)20-12-17(24-29-20)15-3-2-4-16(22)11-15/h2-6,11,18,20H,7-10,12-13H2,1H3,(H,23,26). The van der Waals surface area contributed by atoms with Crippen LogP contribution in [0.5, 0.6) is 0 Å². The number of ether oxygens (including phenoxy) is 1. The summed E-state index contributed by atoms with van der Waals surface area (Å²) >= 11 is 0. The summed E-state index contributed by atoms with van der Waals surface area (Å²) in [6.45, 7) is 5.14. The monoisotopic (exact) mass is 401 g/mol. The van der Waals surface area contributed by atoms with E-state index in [0.717, 1.165) is 24.6 Å². The van der Waals surface area contributed by atoms with Gasteiger partial charge in [-0.15, -0.1) is 0 Å². The lowest BCUT2D eigenvalue weighted by Crippen LogP contribution is -2.45. The molecule has 154 valence electrons. The molecular weight excluding hydrogens is 377 g/mol. The van der Waals surface area contributed by atoms with Gasteiger partial charge < -0.3 is 19.3 Å². The molecule has 29 heavy (non-hydrogen) atoms. The number of carbonyl (C=O) groups excluding carboxylic acids is 1. The minimum Gasteiger partial charge on any atom is -0.465 e. The number of amides is 1. The summed E-state index contributed by atoms with van der Waals surface area (Å²) in [6.07, 6.45) is -0.422. The molecule has 1 aromatic heterocycles. The number of nitrogens with one attached hydrogen (secondary N) is 1. The molecule has 0 radical (unpaired) electrons. The number of hydrogen-bond acceptors (Lipinski definition) is 6. The molecule has 3 heterocycles. The Bertz CT molecular complexity index is 892. The zero-order valence-electron chi connectivity index (χ0n) is 16.3. The van der Waals surface area contributed by atoms with Crippen molar-refractivity contribution < 1.29 is 23.2 Å². The molecule has 0 bridgehead atoms. The highest BCUT2D eigenvalue weighted by molar-refractivity contribution is 6.04. The third-order valence-electron chi connectivity index (χ3n) is 5.16. The van der Waals surface area contributed by atoms with Crippen molar-refractivity contribution in [3.63, 3.8) is 0 Å². The van der Waals surface area contributed by atoms with Gasteiger partial charge in [0.25, 0.3) is 5.91 Å². The fourth-order valence-corrected chi connectivity index (χ4v) is 3.60. The highest BCUT2D eigenvalue weighted by atomic mass is 19.1. The maximum absolute atomic E-state index is 13.4. The zero-order chi connectivity index (χ0) is 20.2. The molecule has 0 aliphatic carbocycles. The number of furan rings is 1. The number of rotatable bonds is 6. The number of nitrogens with zero attached hydrogens (tertiary/aromatic N) is 2. The van der Waals surface area contributed by atoms with Crippen molar-refractivity contribution in [1.29, 1.82) is 0 Å². The predicted molar refractivity (Wildman–Crippen MR) is 104 cm³/mol. The van der Waals surface area contributed by atoms with Crippen molar-refractivity contribution in [3.8, 4) is 0 Å². The molecule has 1 amide bonds. The predicted octanol–water partition coefficient (Wildman–Crippen LogP) is 2.41. The molecule has 2 aliphatic heterocycles. The van der Waals surface area contributed by atoms with Crippen LogP contribution in [0.3, 0.4) is 0 Å². The van der Waals surface area contributed by atoms with Crippen LogP contribution < -0.4 is 5.32 Å². The largest absolute Gasteiger partial charge is 0.465 e. The van der Waals surface area contributed by atoms with E-state index in [0.29, 0.717) is 37.5 Å². The van der Waals surface area contributed by atoms with E-state index >= 15 is 0 Å². The van der Waals surface area contributed by atoms with Gasteiger partial charge in [-0.3, -0.25) is 9.69 Å². The van der Waals surface area contributed by atoms with Crippen LogP contribution in [0.1, 0.15) is 29.5 Å². The summed E-state index contributed by atoms with van der Waals surface area (Å²) in [4.78, 5) is 20.2. The fourth-order valence-electron chi connectivity index (χ4n) is 3.60. The van der Waals surface area contributed by atoms with E-state index in [1.54, 1.807) is 12.1 Å². The molecule has 2 atom stereocenters. The van der Waals surface area contributed by atoms with Gasteiger partial charge in [0.2, 0.25) is 6.10 Å². The van der Waals surface area contributed by atoms with E-state index in [1.807, 2.05) is 19.1 Å². The van der Waals surface area contributed by atoms with Gasteiger partial charge in [0.05, 0.1) is 25.0 Å². The molecule has 4 rings (SSSR count). The molecule has 2 aliphatic rings. The van der Waals surface area contributed by atoms with E-state index in [9.17, 15) is 9.18 Å². The maximum atomic E-state index is 13.4. The fraction of sp³-hybridized carbons (Fsp3) is 0.429. The zero-order valence-corrected chi connectivity index (χ0v) is 16.3. The van der Waals surface area contributed by atoms with Crippen LogP contribution in [0.2, 0.25) is 0 Å². The number of carbonyl (C=O) groups is 1. The van der Waals surface area contributed by atoms with Gasteiger partial charge in [-0.1, -0.05) is 17.3 Å². The Morgan fingerprint density at radius 2 is 2.14 bits per heavy atom. The first-order valence-corrected chi connectivity index (χ1v) is 9.74. The minimum atomic E-state index is -0.725. The van der Waals surface area contributed by atoms with Crippen molar-refractivity contribution >= 4 is 11.6 Å². The first kappa shape index (κ1) is 19.6. The molecule has 2 aromatic rings. The van der Waals surface area contributed by atoms with Crippen molar-refractivity contribution in [2.75, 3.05) is 32.8 Å². The van der Waals surface area contributed by atoms with Crippen molar-refractivity contribution in [2.24, 2.45) is 5.16 Å². The van der Waals surface area contributed by atoms with Gasteiger partial charge >= 0.3 is 0 Å². The van der Waals surface area contributed by atoms with E-state index in [1.165, 1.54) is 12.1 Å². The van der Waals surface area contributed by atoms with Crippen LogP contribution in [0, 0.1) is 12.7 Å². The molecule has 8 heteroatoms. The lowest BCUT2D eigenvalue weighted by Gasteiger charge is -2.33. The van der Waals surface area contributed by atoms with Gasteiger partial charge in [0.1, 0.15) is 17.3 Å². The van der Waals surface area contributed by atoms with Gasteiger partial charge in [-0.25, -0.2) is 4.39 Å². The highest BCUT2D eigenvalue weighted by Gasteiger charge is 2.31. The van der Waals surface area contributed by atoms with Gasteiger partial charge in [-0.2, -0.15) is 0 Å². The second kappa shape index (κ2) is 8.75. The van der Waals surface area contributed by atoms with Crippen molar-refractivity contribution in [3.05, 3.63) is 59.3 Å². The van der Waals surface area contributed by atoms with E-state index < -0.39 is 6.10 Å². The quantitative estimate of drug-likeness (QED) is 0.805. The molecule has 1 saturated heterocycles. The second-order valence-corrected chi connectivity index (χ2v) is 7.20. The third kappa shape index (κ3) is 4.65. The third-order valence-corrected chi connectivity index (χ3v) is 5.16. The Morgan fingerprint density at radius 3 is 2.86 bits per heavy atom. The van der Waals surface area contributed by atoms with Crippen molar-refractivity contribution in [2.45, 2.75) is 25.5 Å². The van der Waals surface area contributed by atoms with Gasteiger partial charge in [0, 0.05) is 31.6 Å². The smallest absolute Gasteiger partial charge is 0.264 e.